The second kappa shape index (κ2) is 8.11. The highest BCUT2D eigenvalue weighted by atomic mass is 32.2. The lowest BCUT2D eigenvalue weighted by atomic mass is 10.4. The topological polar surface area (TPSA) is 96.5 Å². The van der Waals surface area contributed by atoms with E-state index in [9.17, 15) is 8.42 Å². The maximum Gasteiger partial charge on any atom is 0.215 e. The predicted molar refractivity (Wildman–Crippen MR) is 82.9 cm³/mol. The largest absolute Gasteiger partial charge is 0.377 e. The molecule has 1 aromatic heterocycles. The van der Waals surface area contributed by atoms with Gasteiger partial charge in [-0.05, 0) is 6.92 Å². The number of hydrogen-bond acceptors (Lipinski definition) is 7. The smallest absolute Gasteiger partial charge is 0.215 e. The minimum atomic E-state index is -3.22. The summed E-state index contributed by atoms with van der Waals surface area (Å²) in [6.07, 6.45) is 0. The summed E-state index contributed by atoms with van der Waals surface area (Å²) in [6.45, 7) is 3.27. The summed E-state index contributed by atoms with van der Waals surface area (Å²) in [5.41, 5.74) is 0. The second-order valence-corrected chi connectivity index (χ2v) is 6.85. The van der Waals surface area contributed by atoms with E-state index < -0.39 is 10.0 Å². The Morgan fingerprint density at radius 1 is 1.24 bits per heavy atom. The number of ether oxygens (including phenoxy) is 1. The molecule has 0 spiro atoms. The molecule has 0 atom stereocenters. The molecule has 1 aromatic rings. The van der Waals surface area contributed by atoms with Crippen LogP contribution in [0.25, 0.3) is 0 Å². The Morgan fingerprint density at radius 3 is 2.38 bits per heavy atom. The number of rotatable bonds is 9. The van der Waals surface area contributed by atoms with Gasteiger partial charge in [0.15, 0.2) is 5.82 Å². The van der Waals surface area contributed by atoms with Crippen LogP contribution < -0.4 is 10.6 Å². The molecule has 0 saturated heterocycles. The van der Waals surface area contributed by atoms with Crippen LogP contribution >= 0.6 is 0 Å². The fourth-order valence-electron chi connectivity index (χ4n) is 1.54. The summed E-state index contributed by atoms with van der Waals surface area (Å²) < 4.78 is 29.6. The molecule has 0 amide bonds. The first-order valence-electron chi connectivity index (χ1n) is 6.64. The summed E-state index contributed by atoms with van der Waals surface area (Å²) >= 11 is 0. The number of aromatic nitrogens is 2. The summed E-state index contributed by atoms with van der Waals surface area (Å²) in [5, 5.41) is 6.10. The summed E-state index contributed by atoms with van der Waals surface area (Å²) in [7, 11) is 1.38. The van der Waals surface area contributed by atoms with Gasteiger partial charge >= 0.3 is 0 Å². The minimum absolute atomic E-state index is 0.000152. The van der Waals surface area contributed by atoms with Crippen molar-refractivity contribution in [3.63, 3.8) is 0 Å². The zero-order valence-electron chi connectivity index (χ0n) is 12.9. The van der Waals surface area contributed by atoms with Crippen LogP contribution in [0.15, 0.2) is 6.07 Å². The number of nitrogens with zero attached hydrogens (tertiary/aromatic N) is 3. The number of anilines is 2. The van der Waals surface area contributed by atoms with Crippen LogP contribution in [0, 0.1) is 0 Å². The monoisotopic (exact) mass is 317 g/mol. The minimum Gasteiger partial charge on any atom is -0.377 e. The summed E-state index contributed by atoms with van der Waals surface area (Å²) in [5.74, 6) is 1.79. The Labute approximate surface area is 126 Å². The molecule has 0 aromatic carbocycles. The van der Waals surface area contributed by atoms with Crippen LogP contribution in [0.3, 0.4) is 0 Å². The van der Waals surface area contributed by atoms with Gasteiger partial charge in [0.25, 0.3) is 0 Å². The Morgan fingerprint density at radius 2 is 1.86 bits per heavy atom. The van der Waals surface area contributed by atoms with Gasteiger partial charge in [-0.25, -0.2) is 22.7 Å². The van der Waals surface area contributed by atoms with Crippen LogP contribution in [0.2, 0.25) is 0 Å². The van der Waals surface area contributed by atoms with E-state index in [2.05, 4.69) is 20.6 Å². The SMILES string of the molecule is CCNc1cc(NCCS(=O)(=O)N(C)C)nc(COC)n1. The van der Waals surface area contributed by atoms with Gasteiger partial charge in [-0.2, -0.15) is 0 Å². The third-order valence-electron chi connectivity index (χ3n) is 2.63. The van der Waals surface area contributed by atoms with Crippen molar-refractivity contribution in [3.05, 3.63) is 11.9 Å². The van der Waals surface area contributed by atoms with Crippen LogP contribution in [0.1, 0.15) is 12.7 Å². The molecule has 0 fully saturated rings. The molecule has 9 heteroatoms. The van der Waals surface area contributed by atoms with E-state index in [4.69, 9.17) is 4.74 Å². The van der Waals surface area contributed by atoms with E-state index >= 15 is 0 Å². The first-order valence-corrected chi connectivity index (χ1v) is 8.24. The van der Waals surface area contributed by atoms with Gasteiger partial charge in [0.2, 0.25) is 10.0 Å². The van der Waals surface area contributed by atoms with Crippen molar-refractivity contribution in [1.29, 1.82) is 0 Å². The van der Waals surface area contributed by atoms with Crippen molar-refractivity contribution in [2.75, 3.05) is 50.7 Å². The molecule has 0 unspecified atom stereocenters. The lowest BCUT2D eigenvalue weighted by Crippen LogP contribution is -2.28. The molecule has 0 bridgehead atoms. The van der Waals surface area contributed by atoms with Crippen molar-refractivity contribution in [2.45, 2.75) is 13.5 Å². The molecule has 0 aliphatic carbocycles. The third-order valence-corrected chi connectivity index (χ3v) is 4.46. The van der Waals surface area contributed by atoms with Gasteiger partial charge in [-0.3, -0.25) is 0 Å². The lowest BCUT2D eigenvalue weighted by Gasteiger charge is -2.13. The number of nitrogens with one attached hydrogen (secondary N) is 2. The molecule has 1 heterocycles. The molecule has 8 nitrogen and oxygen atoms in total. The Hall–Kier alpha value is -1.45. The maximum absolute atomic E-state index is 11.7. The first kappa shape index (κ1) is 17.6. The fraction of sp³-hybridized carbons (Fsp3) is 0.667. The first-order chi connectivity index (χ1) is 9.89. The van der Waals surface area contributed by atoms with Crippen molar-refractivity contribution in [2.24, 2.45) is 0 Å². The van der Waals surface area contributed by atoms with Gasteiger partial charge in [-0.15, -0.1) is 0 Å². The molecule has 0 aliphatic heterocycles. The van der Waals surface area contributed by atoms with E-state index in [1.165, 1.54) is 18.4 Å². The van der Waals surface area contributed by atoms with Crippen LogP contribution in [0.4, 0.5) is 11.6 Å². The van der Waals surface area contributed by atoms with Gasteiger partial charge in [-0.1, -0.05) is 0 Å². The number of sulfonamides is 1. The van der Waals surface area contributed by atoms with Crippen molar-refractivity contribution in [3.8, 4) is 0 Å². The Balaban J connectivity index is 2.73. The Bertz CT molecular complexity index is 524. The average molecular weight is 317 g/mol. The lowest BCUT2D eigenvalue weighted by molar-refractivity contribution is 0.178. The van der Waals surface area contributed by atoms with E-state index in [1.54, 1.807) is 13.2 Å². The molecule has 0 aliphatic rings. The third kappa shape index (κ3) is 5.82. The molecule has 120 valence electrons. The highest BCUT2D eigenvalue weighted by molar-refractivity contribution is 7.89. The second-order valence-electron chi connectivity index (χ2n) is 4.54. The highest BCUT2D eigenvalue weighted by Gasteiger charge is 2.13. The van der Waals surface area contributed by atoms with Crippen molar-refractivity contribution < 1.29 is 13.2 Å². The molecule has 0 radical (unpaired) electrons. The normalized spacial score (nSPS) is 11.7. The molecule has 0 saturated carbocycles. The van der Waals surface area contributed by atoms with Gasteiger partial charge in [0.1, 0.15) is 18.2 Å². The molecular formula is C12H23N5O3S. The number of methoxy groups -OCH3 is 1. The van der Waals surface area contributed by atoms with E-state index in [-0.39, 0.29) is 12.3 Å². The van der Waals surface area contributed by atoms with Crippen LogP contribution in [-0.4, -0.2) is 62.7 Å². The predicted octanol–water partition coefficient (Wildman–Crippen LogP) is 0.358. The maximum atomic E-state index is 11.7. The van der Waals surface area contributed by atoms with E-state index in [0.29, 0.717) is 24.1 Å². The molecular weight excluding hydrogens is 294 g/mol. The van der Waals surface area contributed by atoms with E-state index in [0.717, 1.165) is 6.54 Å². The summed E-state index contributed by atoms with van der Waals surface area (Å²) in [6, 6.07) is 1.74. The summed E-state index contributed by atoms with van der Waals surface area (Å²) in [4.78, 5) is 8.56. The molecule has 1 rings (SSSR count). The van der Waals surface area contributed by atoms with Crippen molar-refractivity contribution >= 4 is 21.7 Å². The zero-order valence-corrected chi connectivity index (χ0v) is 13.7. The van der Waals surface area contributed by atoms with Crippen LogP contribution in [-0.2, 0) is 21.4 Å². The van der Waals surface area contributed by atoms with E-state index in [1.807, 2.05) is 6.92 Å². The van der Waals surface area contributed by atoms with Gasteiger partial charge in [0.05, 0.1) is 5.75 Å². The highest BCUT2D eigenvalue weighted by Crippen LogP contribution is 2.12. The van der Waals surface area contributed by atoms with Gasteiger partial charge < -0.3 is 15.4 Å². The standard InChI is InChI=1S/C12H23N5O3S/c1-5-13-10-8-11(16-12(15-10)9-20-4)14-6-7-21(18,19)17(2)3/h8H,5-7,9H2,1-4H3,(H2,13,14,15,16). The average Bonchev–Trinajstić information content (AvgIpc) is 2.39. The van der Waals surface area contributed by atoms with Gasteiger partial charge in [0, 0.05) is 40.4 Å². The number of hydrogen-bond donors (Lipinski definition) is 2. The Kier molecular flexibility index (Phi) is 6.79. The quantitative estimate of drug-likeness (QED) is 0.678. The molecule has 21 heavy (non-hydrogen) atoms. The fourth-order valence-corrected chi connectivity index (χ4v) is 2.27. The zero-order chi connectivity index (χ0) is 15.9. The van der Waals surface area contributed by atoms with Crippen LogP contribution in [0.5, 0.6) is 0 Å². The van der Waals surface area contributed by atoms with Crippen molar-refractivity contribution in [1.82, 2.24) is 14.3 Å². The molecule has 2 N–H and O–H groups in total.